The second-order valence-corrected chi connectivity index (χ2v) is 8.44. The van der Waals surface area contributed by atoms with E-state index in [1.807, 2.05) is 24.3 Å². The van der Waals surface area contributed by atoms with Gasteiger partial charge in [0.1, 0.15) is 5.75 Å². The smallest absolute Gasteiger partial charge is 0.406 e. The number of alkyl halides is 3. The average molecular weight is 469 g/mol. The zero-order valence-electron chi connectivity index (χ0n) is 17.2. The fourth-order valence-corrected chi connectivity index (χ4v) is 4.25. The lowest BCUT2D eigenvalue weighted by Crippen LogP contribution is -2.51. The average Bonchev–Trinajstić information content (AvgIpc) is 3.24. The number of rotatable bonds is 5. The lowest BCUT2D eigenvalue weighted by atomic mass is 10.0. The minimum absolute atomic E-state index is 0.0197. The molecule has 0 aliphatic carbocycles. The van der Waals surface area contributed by atoms with E-state index in [0.29, 0.717) is 10.6 Å². The topological polar surface area (TPSA) is 65.6 Å². The Kier molecular flexibility index (Phi) is 6.90. The van der Waals surface area contributed by atoms with Crippen molar-refractivity contribution in [1.82, 2.24) is 21.1 Å². The van der Waals surface area contributed by atoms with Gasteiger partial charge in [0.15, 0.2) is 0 Å². The molecule has 172 valence electrons. The number of benzene rings is 2. The van der Waals surface area contributed by atoms with E-state index in [1.165, 1.54) is 17.7 Å². The van der Waals surface area contributed by atoms with Crippen molar-refractivity contribution in [3.05, 3.63) is 64.7 Å². The third kappa shape index (κ3) is 5.92. The summed E-state index contributed by atoms with van der Waals surface area (Å²) >= 11 is 5.97. The number of carbonyl (C=O) groups is 1. The van der Waals surface area contributed by atoms with Crippen molar-refractivity contribution in [2.24, 2.45) is 0 Å². The number of hydrogen-bond donors (Lipinski definition) is 3. The number of nitrogens with zero attached hydrogens (tertiary/aromatic N) is 1. The summed E-state index contributed by atoms with van der Waals surface area (Å²) in [7, 11) is 0. The molecule has 2 atom stereocenters. The van der Waals surface area contributed by atoms with E-state index in [4.69, 9.17) is 11.6 Å². The van der Waals surface area contributed by atoms with Crippen LogP contribution in [0.15, 0.2) is 48.5 Å². The summed E-state index contributed by atoms with van der Waals surface area (Å²) in [4.78, 5) is 14.8. The highest BCUT2D eigenvalue weighted by atomic mass is 35.5. The molecule has 32 heavy (non-hydrogen) atoms. The highest BCUT2D eigenvalue weighted by Crippen LogP contribution is 2.27. The molecule has 0 radical (unpaired) electrons. The van der Waals surface area contributed by atoms with Gasteiger partial charge in [-0.15, -0.1) is 13.2 Å². The van der Waals surface area contributed by atoms with E-state index in [2.05, 4.69) is 25.8 Å². The number of amides is 1. The Balaban J connectivity index is 1.23. The number of nitrogens with one attached hydrogen (secondary N) is 3. The highest BCUT2D eigenvalue weighted by molar-refractivity contribution is 6.30. The molecule has 2 aromatic carbocycles. The van der Waals surface area contributed by atoms with Crippen LogP contribution < -0.4 is 20.9 Å². The van der Waals surface area contributed by atoms with E-state index in [9.17, 15) is 18.0 Å². The van der Waals surface area contributed by atoms with Crippen LogP contribution >= 0.6 is 11.6 Å². The molecule has 0 aromatic heterocycles. The van der Waals surface area contributed by atoms with Crippen LogP contribution in [-0.2, 0) is 0 Å². The van der Waals surface area contributed by atoms with Crippen LogP contribution in [0.2, 0.25) is 5.02 Å². The molecule has 0 saturated carbocycles. The standard InChI is InChI=1S/C22H24ClF3N4O2/c23-16-5-1-14(2-6-16)19-13-20(29-28-19)30-11-9-17(10-12-30)27-21(31)15-3-7-18(8-4-15)32-22(24,25)26/h1-8,17,19-20,28-29H,9-13H2,(H,27,31). The molecule has 10 heteroatoms. The Labute approximate surface area is 189 Å². The third-order valence-electron chi connectivity index (χ3n) is 5.81. The summed E-state index contributed by atoms with van der Waals surface area (Å²) in [5.41, 5.74) is 8.17. The summed E-state index contributed by atoms with van der Waals surface area (Å²) in [5.74, 6) is -0.651. The van der Waals surface area contributed by atoms with Crippen molar-refractivity contribution in [3.8, 4) is 5.75 Å². The first-order valence-electron chi connectivity index (χ1n) is 10.4. The van der Waals surface area contributed by atoms with Crippen LogP contribution in [0.5, 0.6) is 5.75 Å². The zero-order valence-corrected chi connectivity index (χ0v) is 17.9. The van der Waals surface area contributed by atoms with Gasteiger partial charge in [-0.25, -0.2) is 10.9 Å². The first kappa shape index (κ1) is 22.8. The normalized spacial score (nSPS) is 22.6. The maximum absolute atomic E-state index is 12.5. The van der Waals surface area contributed by atoms with Gasteiger partial charge in [0, 0.05) is 35.8 Å². The third-order valence-corrected chi connectivity index (χ3v) is 6.06. The Morgan fingerprint density at radius 2 is 1.69 bits per heavy atom. The van der Waals surface area contributed by atoms with Gasteiger partial charge in [0.2, 0.25) is 0 Å². The van der Waals surface area contributed by atoms with Crippen LogP contribution in [0.3, 0.4) is 0 Å². The number of likely N-dealkylation sites (tertiary alicyclic amines) is 1. The van der Waals surface area contributed by atoms with Gasteiger partial charge >= 0.3 is 6.36 Å². The summed E-state index contributed by atoms with van der Waals surface area (Å²) in [6, 6.07) is 13.0. The Morgan fingerprint density at radius 1 is 1.03 bits per heavy atom. The highest BCUT2D eigenvalue weighted by Gasteiger charge is 2.33. The van der Waals surface area contributed by atoms with Crippen LogP contribution in [0, 0.1) is 0 Å². The predicted molar refractivity (Wildman–Crippen MR) is 114 cm³/mol. The predicted octanol–water partition coefficient (Wildman–Crippen LogP) is 4.00. The molecule has 2 aliphatic rings. The first-order chi connectivity index (χ1) is 15.3. The maximum atomic E-state index is 12.5. The molecule has 6 nitrogen and oxygen atoms in total. The van der Waals surface area contributed by atoms with E-state index in [-0.39, 0.29) is 29.9 Å². The Bertz CT molecular complexity index is 916. The van der Waals surface area contributed by atoms with Gasteiger partial charge in [-0.1, -0.05) is 23.7 Å². The van der Waals surface area contributed by atoms with Crippen molar-refractivity contribution in [3.63, 3.8) is 0 Å². The van der Waals surface area contributed by atoms with Crippen molar-refractivity contribution in [1.29, 1.82) is 0 Å². The number of ether oxygens (including phenoxy) is 1. The Morgan fingerprint density at radius 3 is 2.31 bits per heavy atom. The minimum atomic E-state index is -4.75. The number of hydrazine groups is 1. The molecule has 2 saturated heterocycles. The molecule has 4 rings (SSSR count). The maximum Gasteiger partial charge on any atom is 0.573 e. The van der Waals surface area contributed by atoms with Crippen LogP contribution in [0.1, 0.15) is 41.2 Å². The molecule has 2 aromatic rings. The summed E-state index contributed by atoms with van der Waals surface area (Å²) in [6.45, 7) is 1.66. The van der Waals surface area contributed by atoms with Crippen LogP contribution in [0.25, 0.3) is 0 Å². The SMILES string of the molecule is O=C(NC1CCN(C2CC(c3ccc(Cl)cc3)NN2)CC1)c1ccc(OC(F)(F)F)cc1. The van der Waals surface area contributed by atoms with Gasteiger partial charge in [-0.05, 0) is 61.2 Å². The molecule has 3 N–H and O–H groups in total. The summed E-state index contributed by atoms with van der Waals surface area (Å²) in [5, 5.41) is 3.69. The van der Waals surface area contributed by atoms with Gasteiger partial charge in [-0.2, -0.15) is 0 Å². The fourth-order valence-electron chi connectivity index (χ4n) is 4.12. The van der Waals surface area contributed by atoms with E-state index >= 15 is 0 Å². The quantitative estimate of drug-likeness (QED) is 0.619. The zero-order chi connectivity index (χ0) is 22.7. The van der Waals surface area contributed by atoms with Gasteiger partial charge < -0.3 is 10.1 Å². The van der Waals surface area contributed by atoms with Crippen LogP contribution in [-0.4, -0.2) is 42.5 Å². The molecule has 2 aliphatic heterocycles. The molecule has 2 heterocycles. The second kappa shape index (κ2) is 9.66. The molecular weight excluding hydrogens is 445 g/mol. The van der Waals surface area contributed by atoms with E-state index in [1.54, 1.807) is 0 Å². The van der Waals surface area contributed by atoms with Gasteiger partial charge in [-0.3, -0.25) is 9.69 Å². The van der Waals surface area contributed by atoms with E-state index in [0.717, 1.165) is 44.5 Å². The monoisotopic (exact) mass is 468 g/mol. The first-order valence-corrected chi connectivity index (χ1v) is 10.8. The summed E-state index contributed by atoms with van der Waals surface area (Å²) in [6.07, 6.45) is -2.04. The van der Waals surface area contributed by atoms with Crippen molar-refractivity contribution >= 4 is 17.5 Å². The molecule has 0 bridgehead atoms. The molecule has 2 fully saturated rings. The van der Waals surface area contributed by atoms with E-state index < -0.39 is 6.36 Å². The second-order valence-electron chi connectivity index (χ2n) is 8.00. The number of hydrogen-bond acceptors (Lipinski definition) is 5. The Hall–Kier alpha value is -2.33. The minimum Gasteiger partial charge on any atom is -0.406 e. The summed E-state index contributed by atoms with van der Waals surface area (Å²) < 4.78 is 40.6. The number of piperidine rings is 1. The molecule has 0 spiro atoms. The van der Waals surface area contributed by atoms with Crippen molar-refractivity contribution in [2.75, 3.05) is 13.1 Å². The van der Waals surface area contributed by atoms with Gasteiger partial charge in [0.05, 0.1) is 6.17 Å². The fraction of sp³-hybridized carbons (Fsp3) is 0.409. The number of halogens is 4. The molecule has 2 unspecified atom stereocenters. The molecular formula is C22H24ClF3N4O2. The number of carbonyl (C=O) groups excluding carboxylic acids is 1. The lowest BCUT2D eigenvalue weighted by molar-refractivity contribution is -0.274. The van der Waals surface area contributed by atoms with Crippen LogP contribution in [0.4, 0.5) is 13.2 Å². The van der Waals surface area contributed by atoms with Crippen molar-refractivity contribution in [2.45, 2.75) is 43.9 Å². The van der Waals surface area contributed by atoms with Gasteiger partial charge in [0.25, 0.3) is 5.91 Å². The van der Waals surface area contributed by atoms with Crippen molar-refractivity contribution < 1.29 is 22.7 Å². The lowest BCUT2D eigenvalue weighted by Gasteiger charge is -2.35. The molecule has 1 amide bonds. The largest absolute Gasteiger partial charge is 0.573 e.